The van der Waals surface area contributed by atoms with Gasteiger partial charge in [0.1, 0.15) is 5.82 Å². The molecule has 0 aliphatic carbocycles. The Labute approximate surface area is 147 Å². The van der Waals surface area contributed by atoms with Crippen LogP contribution in [0.25, 0.3) is 0 Å². The summed E-state index contributed by atoms with van der Waals surface area (Å²) >= 11 is 0. The summed E-state index contributed by atoms with van der Waals surface area (Å²) in [6, 6.07) is 10.8. The number of halogens is 1. The molecule has 0 aliphatic heterocycles. The first-order valence-electron chi connectivity index (χ1n) is 8.09. The largest absolute Gasteiger partial charge is 0.352 e. The van der Waals surface area contributed by atoms with Crippen molar-refractivity contribution in [3.8, 4) is 0 Å². The average Bonchev–Trinajstić information content (AvgIpc) is 2.60. The number of nitrogens with one attached hydrogen (secondary N) is 2. The monoisotopic (exact) mass is 364 g/mol. The molecular weight excluding hydrogens is 343 g/mol. The second kappa shape index (κ2) is 8.62. The quantitative estimate of drug-likeness (QED) is 0.704. The van der Waals surface area contributed by atoms with Crippen molar-refractivity contribution in [2.45, 2.75) is 31.1 Å². The normalized spacial score (nSPS) is 11.1. The Kier molecular flexibility index (Phi) is 6.52. The molecule has 0 spiro atoms. The first kappa shape index (κ1) is 18.9. The first-order valence-corrected chi connectivity index (χ1v) is 9.57. The number of hydrogen-bond donors (Lipinski definition) is 2. The molecule has 0 aliphatic rings. The van der Waals surface area contributed by atoms with Crippen LogP contribution in [-0.4, -0.2) is 20.9 Å². The molecule has 0 bridgehead atoms. The fourth-order valence-corrected chi connectivity index (χ4v) is 3.32. The number of carbonyl (C=O) groups is 1. The second-order valence-electron chi connectivity index (χ2n) is 5.60. The number of amides is 1. The van der Waals surface area contributed by atoms with Gasteiger partial charge in [0, 0.05) is 17.8 Å². The zero-order chi connectivity index (χ0) is 18.3. The SMILES string of the molecule is CCCCCNC(=O)c1cccc(S(=O)(=O)Nc2ccc(F)cc2)c1. The van der Waals surface area contributed by atoms with Gasteiger partial charge in [0.25, 0.3) is 15.9 Å². The lowest BCUT2D eigenvalue weighted by molar-refractivity contribution is 0.0952. The summed E-state index contributed by atoms with van der Waals surface area (Å²) in [5, 5.41) is 2.77. The number of anilines is 1. The van der Waals surface area contributed by atoms with Crippen molar-refractivity contribution in [3.63, 3.8) is 0 Å². The molecule has 2 N–H and O–H groups in total. The third-order valence-corrected chi connectivity index (χ3v) is 4.95. The molecular formula is C18H21FN2O3S. The van der Waals surface area contributed by atoms with Crippen molar-refractivity contribution in [2.75, 3.05) is 11.3 Å². The zero-order valence-electron chi connectivity index (χ0n) is 14.0. The fourth-order valence-electron chi connectivity index (χ4n) is 2.22. The van der Waals surface area contributed by atoms with Gasteiger partial charge in [-0.25, -0.2) is 12.8 Å². The van der Waals surface area contributed by atoms with E-state index >= 15 is 0 Å². The molecule has 1 amide bonds. The molecule has 0 saturated heterocycles. The van der Waals surface area contributed by atoms with Gasteiger partial charge >= 0.3 is 0 Å². The Balaban J connectivity index is 2.10. The minimum absolute atomic E-state index is 0.0296. The van der Waals surface area contributed by atoms with E-state index < -0.39 is 15.8 Å². The van der Waals surface area contributed by atoms with E-state index in [1.54, 1.807) is 6.07 Å². The number of carbonyl (C=O) groups excluding carboxylic acids is 1. The van der Waals surface area contributed by atoms with Gasteiger partial charge in [-0.3, -0.25) is 9.52 Å². The highest BCUT2D eigenvalue weighted by molar-refractivity contribution is 7.92. The van der Waals surface area contributed by atoms with Gasteiger partial charge in [0.05, 0.1) is 4.90 Å². The number of sulfonamides is 1. The maximum atomic E-state index is 12.9. The molecule has 0 saturated carbocycles. The van der Waals surface area contributed by atoms with E-state index in [0.717, 1.165) is 31.4 Å². The maximum Gasteiger partial charge on any atom is 0.261 e. The van der Waals surface area contributed by atoms with Crippen LogP contribution < -0.4 is 10.0 Å². The lowest BCUT2D eigenvalue weighted by atomic mass is 10.2. The Bertz CT molecular complexity index is 820. The topological polar surface area (TPSA) is 75.3 Å². The average molecular weight is 364 g/mol. The van der Waals surface area contributed by atoms with Gasteiger partial charge in [0.15, 0.2) is 0 Å². The van der Waals surface area contributed by atoms with E-state index in [9.17, 15) is 17.6 Å². The molecule has 7 heteroatoms. The molecule has 0 atom stereocenters. The van der Waals surface area contributed by atoms with Crippen molar-refractivity contribution in [1.82, 2.24) is 5.32 Å². The summed E-state index contributed by atoms with van der Waals surface area (Å²) in [6.07, 6.45) is 2.96. The smallest absolute Gasteiger partial charge is 0.261 e. The summed E-state index contributed by atoms with van der Waals surface area (Å²) in [5.41, 5.74) is 0.522. The minimum Gasteiger partial charge on any atom is -0.352 e. The first-order chi connectivity index (χ1) is 11.9. The predicted molar refractivity (Wildman–Crippen MR) is 95.5 cm³/mol. The van der Waals surface area contributed by atoms with Gasteiger partial charge in [-0.2, -0.15) is 0 Å². The minimum atomic E-state index is -3.86. The van der Waals surface area contributed by atoms with Crippen LogP contribution in [0.5, 0.6) is 0 Å². The third kappa shape index (κ3) is 5.56. The number of rotatable bonds is 8. The van der Waals surface area contributed by atoms with Gasteiger partial charge in [-0.05, 0) is 48.9 Å². The van der Waals surface area contributed by atoms with Crippen LogP contribution in [0.2, 0.25) is 0 Å². The van der Waals surface area contributed by atoms with E-state index in [2.05, 4.69) is 17.0 Å². The van der Waals surface area contributed by atoms with Crippen LogP contribution in [0.3, 0.4) is 0 Å². The van der Waals surface area contributed by atoms with Gasteiger partial charge in [-0.1, -0.05) is 25.8 Å². The molecule has 0 heterocycles. The zero-order valence-corrected chi connectivity index (χ0v) is 14.8. The lowest BCUT2D eigenvalue weighted by Crippen LogP contribution is -2.24. The Morgan fingerprint density at radius 2 is 1.80 bits per heavy atom. The van der Waals surface area contributed by atoms with Crippen LogP contribution in [0.4, 0.5) is 10.1 Å². The van der Waals surface area contributed by atoms with Crippen molar-refractivity contribution >= 4 is 21.6 Å². The molecule has 2 aromatic rings. The van der Waals surface area contributed by atoms with Crippen molar-refractivity contribution < 1.29 is 17.6 Å². The highest BCUT2D eigenvalue weighted by Gasteiger charge is 2.16. The number of unbranched alkanes of at least 4 members (excludes halogenated alkanes) is 2. The molecule has 2 aromatic carbocycles. The Hall–Kier alpha value is -2.41. The summed E-state index contributed by atoms with van der Waals surface area (Å²) in [7, 11) is -3.86. The molecule has 0 aromatic heterocycles. The Morgan fingerprint density at radius 3 is 2.48 bits per heavy atom. The number of benzene rings is 2. The molecule has 134 valence electrons. The molecule has 2 rings (SSSR count). The lowest BCUT2D eigenvalue weighted by Gasteiger charge is -2.10. The van der Waals surface area contributed by atoms with Crippen molar-refractivity contribution in [3.05, 3.63) is 59.9 Å². The highest BCUT2D eigenvalue weighted by atomic mass is 32.2. The fraction of sp³-hybridized carbons (Fsp3) is 0.278. The summed E-state index contributed by atoms with van der Waals surface area (Å²) in [4.78, 5) is 12.1. The highest BCUT2D eigenvalue weighted by Crippen LogP contribution is 2.17. The van der Waals surface area contributed by atoms with Gasteiger partial charge in [0.2, 0.25) is 0 Å². The van der Waals surface area contributed by atoms with Crippen LogP contribution in [0.15, 0.2) is 53.4 Å². The van der Waals surface area contributed by atoms with Crippen LogP contribution in [-0.2, 0) is 10.0 Å². The van der Waals surface area contributed by atoms with Crippen molar-refractivity contribution in [1.29, 1.82) is 0 Å². The summed E-state index contributed by atoms with van der Waals surface area (Å²) < 4.78 is 40.1. The van der Waals surface area contributed by atoms with E-state index in [-0.39, 0.29) is 22.1 Å². The molecule has 0 fully saturated rings. The van der Waals surface area contributed by atoms with E-state index in [0.29, 0.717) is 6.54 Å². The van der Waals surface area contributed by atoms with Gasteiger partial charge in [-0.15, -0.1) is 0 Å². The molecule has 0 unspecified atom stereocenters. The molecule has 25 heavy (non-hydrogen) atoms. The molecule has 0 radical (unpaired) electrons. The predicted octanol–water partition coefficient (Wildman–Crippen LogP) is 3.55. The van der Waals surface area contributed by atoms with E-state index in [1.165, 1.54) is 30.3 Å². The standard InChI is InChI=1S/C18H21FN2O3S/c1-2-3-4-12-20-18(22)14-6-5-7-17(13-14)25(23,24)21-16-10-8-15(19)9-11-16/h5-11,13,21H,2-4,12H2,1H3,(H,20,22). The Morgan fingerprint density at radius 1 is 1.08 bits per heavy atom. The van der Waals surface area contributed by atoms with Crippen molar-refractivity contribution in [2.24, 2.45) is 0 Å². The second-order valence-corrected chi connectivity index (χ2v) is 7.29. The third-order valence-electron chi connectivity index (χ3n) is 3.57. The van der Waals surface area contributed by atoms with E-state index in [1.807, 2.05) is 0 Å². The van der Waals surface area contributed by atoms with Crippen LogP contribution in [0.1, 0.15) is 36.5 Å². The summed E-state index contributed by atoms with van der Waals surface area (Å²) in [6.45, 7) is 2.63. The van der Waals surface area contributed by atoms with E-state index in [4.69, 9.17) is 0 Å². The summed E-state index contributed by atoms with van der Waals surface area (Å²) in [5.74, 6) is -0.764. The molecule has 5 nitrogen and oxygen atoms in total. The van der Waals surface area contributed by atoms with Crippen LogP contribution in [0, 0.1) is 5.82 Å². The van der Waals surface area contributed by atoms with Crippen LogP contribution >= 0.6 is 0 Å². The van der Waals surface area contributed by atoms with Gasteiger partial charge < -0.3 is 5.32 Å². The number of hydrogen-bond acceptors (Lipinski definition) is 3. The maximum absolute atomic E-state index is 12.9.